The Balaban J connectivity index is 2.07. The average molecular weight is 443 g/mol. The van der Waals surface area contributed by atoms with E-state index in [-0.39, 0.29) is 30.5 Å². The predicted molar refractivity (Wildman–Crippen MR) is 115 cm³/mol. The van der Waals surface area contributed by atoms with E-state index >= 15 is 0 Å². The summed E-state index contributed by atoms with van der Waals surface area (Å²) in [6.45, 7) is 6.25. The minimum absolute atomic E-state index is 0.00560. The quantitative estimate of drug-likeness (QED) is 0.376. The number of carbonyl (C=O) groups is 3. The number of benzene rings is 1. The number of allylic oxidation sites excluding steroid dienone is 3. The molecular formula is C24H29NO7. The molecule has 1 aliphatic carbocycles. The van der Waals surface area contributed by atoms with Gasteiger partial charge in [-0.05, 0) is 43.9 Å². The highest BCUT2D eigenvalue weighted by Gasteiger charge is 2.47. The molecule has 0 bridgehead atoms. The fourth-order valence-corrected chi connectivity index (χ4v) is 4.40. The third-order valence-electron chi connectivity index (χ3n) is 5.83. The number of phenolic OH excluding ortho intramolecular Hbond substituents is 1. The molecule has 0 fully saturated rings. The lowest BCUT2D eigenvalue weighted by molar-refractivity contribution is -0.151. The highest BCUT2D eigenvalue weighted by Crippen LogP contribution is 2.45. The topological polar surface area (TPSA) is 111 Å². The molecule has 2 aliphatic rings. The maximum atomic E-state index is 13.6. The van der Waals surface area contributed by atoms with Gasteiger partial charge in [0.25, 0.3) is 0 Å². The first kappa shape index (κ1) is 23.5. The fourth-order valence-electron chi connectivity index (χ4n) is 4.40. The molecule has 8 nitrogen and oxygen atoms in total. The van der Waals surface area contributed by atoms with Crippen LogP contribution in [0, 0.1) is 11.8 Å². The van der Waals surface area contributed by atoms with Crippen molar-refractivity contribution in [1.29, 1.82) is 0 Å². The predicted octanol–water partition coefficient (Wildman–Crippen LogP) is 2.58. The molecule has 0 aromatic heterocycles. The van der Waals surface area contributed by atoms with Crippen molar-refractivity contribution >= 4 is 17.7 Å². The van der Waals surface area contributed by atoms with Gasteiger partial charge in [-0.2, -0.15) is 0 Å². The summed E-state index contributed by atoms with van der Waals surface area (Å²) in [5.41, 5.74) is 2.37. The van der Waals surface area contributed by atoms with Crippen LogP contribution in [-0.2, 0) is 28.6 Å². The van der Waals surface area contributed by atoms with Gasteiger partial charge in [0.2, 0.25) is 0 Å². The summed E-state index contributed by atoms with van der Waals surface area (Å²) >= 11 is 0. The highest BCUT2D eigenvalue weighted by molar-refractivity contribution is 6.12. The zero-order valence-electron chi connectivity index (χ0n) is 18.8. The number of ether oxygens (including phenoxy) is 3. The van der Waals surface area contributed by atoms with E-state index in [1.807, 2.05) is 13.8 Å². The lowest BCUT2D eigenvalue weighted by Crippen LogP contribution is -2.43. The van der Waals surface area contributed by atoms with Gasteiger partial charge in [0, 0.05) is 29.5 Å². The Morgan fingerprint density at radius 1 is 1.25 bits per heavy atom. The number of esters is 2. The molecule has 2 N–H and O–H groups in total. The first-order chi connectivity index (χ1) is 15.3. The zero-order chi connectivity index (χ0) is 23.4. The second-order valence-corrected chi connectivity index (χ2v) is 7.96. The van der Waals surface area contributed by atoms with Crippen LogP contribution in [0.25, 0.3) is 0 Å². The number of nitrogens with one attached hydrogen (secondary N) is 1. The lowest BCUT2D eigenvalue weighted by atomic mass is 9.69. The van der Waals surface area contributed by atoms with Gasteiger partial charge in [0.1, 0.15) is 18.3 Å². The normalized spacial score (nSPS) is 22.9. The molecule has 0 amide bonds. The SMILES string of the molecule is CCOCCOC(=O)C1=C(C)NC2=C(C(=O)[C@H](C(=O)OC)[C@H](C)C2)[C@H]1c1cccc(O)c1. The molecule has 0 saturated heterocycles. The van der Waals surface area contributed by atoms with Gasteiger partial charge in [-0.25, -0.2) is 4.79 Å². The van der Waals surface area contributed by atoms with Crippen molar-refractivity contribution in [3.63, 3.8) is 0 Å². The van der Waals surface area contributed by atoms with Crippen molar-refractivity contribution in [3.05, 3.63) is 52.4 Å². The van der Waals surface area contributed by atoms with E-state index in [1.165, 1.54) is 19.2 Å². The zero-order valence-corrected chi connectivity index (χ0v) is 18.8. The number of carbonyl (C=O) groups excluding carboxylic acids is 3. The van der Waals surface area contributed by atoms with Crippen molar-refractivity contribution in [2.75, 3.05) is 26.9 Å². The van der Waals surface area contributed by atoms with Crippen LogP contribution in [0.15, 0.2) is 46.8 Å². The van der Waals surface area contributed by atoms with Crippen LogP contribution in [0.5, 0.6) is 5.75 Å². The summed E-state index contributed by atoms with van der Waals surface area (Å²) in [6.07, 6.45) is 0.445. The molecule has 0 spiro atoms. The van der Waals surface area contributed by atoms with Crippen LogP contribution < -0.4 is 5.32 Å². The molecule has 1 aliphatic heterocycles. The van der Waals surface area contributed by atoms with Gasteiger partial charge in [-0.15, -0.1) is 0 Å². The lowest BCUT2D eigenvalue weighted by Gasteiger charge is -2.38. The van der Waals surface area contributed by atoms with Crippen molar-refractivity contribution < 1.29 is 33.7 Å². The maximum absolute atomic E-state index is 13.6. The van der Waals surface area contributed by atoms with Gasteiger partial charge in [0.15, 0.2) is 5.78 Å². The summed E-state index contributed by atoms with van der Waals surface area (Å²) in [5.74, 6) is -3.59. The van der Waals surface area contributed by atoms with Gasteiger partial charge in [-0.3, -0.25) is 9.59 Å². The number of hydrogen-bond acceptors (Lipinski definition) is 8. The van der Waals surface area contributed by atoms with E-state index in [4.69, 9.17) is 14.2 Å². The summed E-state index contributed by atoms with van der Waals surface area (Å²) in [5, 5.41) is 13.3. The molecule has 1 aromatic carbocycles. The van der Waals surface area contributed by atoms with Crippen molar-refractivity contribution in [1.82, 2.24) is 5.32 Å². The molecule has 1 heterocycles. The molecule has 172 valence electrons. The van der Waals surface area contributed by atoms with Crippen LogP contribution in [0.2, 0.25) is 0 Å². The monoisotopic (exact) mass is 443 g/mol. The Morgan fingerprint density at radius 3 is 2.66 bits per heavy atom. The maximum Gasteiger partial charge on any atom is 0.336 e. The van der Waals surface area contributed by atoms with E-state index < -0.39 is 29.6 Å². The van der Waals surface area contributed by atoms with Crippen LogP contribution in [0.4, 0.5) is 0 Å². The molecule has 8 heteroatoms. The van der Waals surface area contributed by atoms with Crippen molar-refractivity contribution in [2.24, 2.45) is 11.8 Å². The Morgan fingerprint density at radius 2 is 2.00 bits per heavy atom. The van der Waals surface area contributed by atoms with Crippen LogP contribution in [0.3, 0.4) is 0 Å². The standard InChI is InChI=1S/C24H29NO7/c1-5-31-9-10-32-24(29)19-14(3)25-17-11-13(2)18(23(28)30-4)22(27)21(17)20(19)15-7-6-8-16(26)12-15/h6-8,12-13,18,20,25-26H,5,9-11H2,1-4H3/t13-,18-,20+/m1/s1. The number of methoxy groups -OCH3 is 1. The largest absolute Gasteiger partial charge is 0.508 e. The molecule has 0 saturated carbocycles. The molecule has 32 heavy (non-hydrogen) atoms. The molecule has 1 aromatic rings. The number of phenols is 1. The summed E-state index contributed by atoms with van der Waals surface area (Å²) < 4.78 is 15.5. The Kier molecular flexibility index (Phi) is 7.35. The first-order valence-corrected chi connectivity index (χ1v) is 10.7. The number of dihydropyridines is 1. The second kappa shape index (κ2) is 9.99. The van der Waals surface area contributed by atoms with Crippen molar-refractivity contribution in [2.45, 2.75) is 33.1 Å². The number of Topliss-reactive ketones (excluding diaryl/α,β-unsaturated/α-hetero) is 1. The van der Waals surface area contributed by atoms with Gasteiger partial charge < -0.3 is 24.6 Å². The minimum atomic E-state index is -0.964. The number of ketones is 1. The van der Waals surface area contributed by atoms with Crippen LogP contribution in [0.1, 0.15) is 38.7 Å². The van der Waals surface area contributed by atoms with E-state index in [0.29, 0.717) is 35.6 Å². The Bertz CT molecular complexity index is 978. The summed E-state index contributed by atoms with van der Waals surface area (Å²) in [7, 11) is 1.25. The van der Waals surface area contributed by atoms with E-state index in [1.54, 1.807) is 19.1 Å². The third kappa shape index (κ3) is 4.55. The Hall–Kier alpha value is -3.13. The third-order valence-corrected chi connectivity index (χ3v) is 5.83. The van der Waals surface area contributed by atoms with Gasteiger partial charge in [0.05, 0.1) is 19.3 Å². The van der Waals surface area contributed by atoms with E-state index in [0.717, 1.165) is 0 Å². The average Bonchev–Trinajstić information content (AvgIpc) is 2.75. The van der Waals surface area contributed by atoms with Crippen LogP contribution in [-0.4, -0.2) is 49.8 Å². The second-order valence-electron chi connectivity index (χ2n) is 7.96. The van der Waals surface area contributed by atoms with Gasteiger partial charge in [-0.1, -0.05) is 19.1 Å². The van der Waals surface area contributed by atoms with Crippen molar-refractivity contribution in [3.8, 4) is 5.75 Å². The smallest absolute Gasteiger partial charge is 0.336 e. The first-order valence-electron chi connectivity index (χ1n) is 10.7. The number of rotatable bonds is 7. The minimum Gasteiger partial charge on any atom is -0.508 e. The fraction of sp³-hybridized carbons (Fsp3) is 0.458. The van der Waals surface area contributed by atoms with E-state index in [2.05, 4.69) is 5.32 Å². The molecule has 3 rings (SSSR count). The van der Waals surface area contributed by atoms with Crippen LogP contribution >= 0.6 is 0 Å². The van der Waals surface area contributed by atoms with Gasteiger partial charge >= 0.3 is 11.9 Å². The summed E-state index contributed by atoms with van der Waals surface area (Å²) in [4.78, 5) is 39.0. The number of hydrogen-bond donors (Lipinski definition) is 2. The Labute approximate surface area is 187 Å². The molecule has 3 atom stereocenters. The highest BCUT2D eigenvalue weighted by atomic mass is 16.6. The molecular weight excluding hydrogens is 414 g/mol. The summed E-state index contributed by atoms with van der Waals surface area (Å²) in [6, 6.07) is 6.41. The van der Waals surface area contributed by atoms with E-state index in [9.17, 15) is 19.5 Å². The number of aromatic hydroxyl groups is 1. The molecule has 0 unspecified atom stereocenters. The molecule has 0 radical (unpaired) electrons.